The standard InChI is InChI=1S/C24H23N7/c1-17-8-6-9-18(16-17)29-23(30-21-12-4-2-10-19(21)25-27-30)14-7-15-24(29)31-22-13-5-3-11-20(22)26-28-31/h2-6,8-13,16,23-24H,7,14-15H2,1H3. The maximum Gasteiger partial charge on any atom is 0.127 e. The Labute approximate surface area is 179 Å². The van der Waals surface area contributed by atoms with Crippen molar-refractivity contribution in [2.45, 2.75) is 38.5 Å². The molecule has 2 aromatic heterocycles. The van der Waals surface area contributed by atoms with Gasteiger partial charge in [0.2, 0.25) is 0 Å². The second-order valence-electron chi connectivity index (χ2n) is 8.18. The van der Waals surface area contributed by atoms with Gasteiger partial charge in [-0.2, -0.15) is 0 Å². The van der Waals surface area contributed by atoms with Crippen molar-refractivity contribution in [1.82, 2.24) is 30.0 Å². The van der Waals surface area contributed by atoms with Crippen LogP contribution >= 0.6 is 0 Å². The normalized spacial score (nSPS) is 19.3. The lowest BCUT2D eigenvalue weighted by atomic mass is 10.0. The van der Waals surface area contributed by atoms with Crippen LogP contribution in [0.3, 0.4) is 0 Å². The maximum absolute atomic E-state index is 4.57. The van der Waals surface area contributed by atoms with Crippen molar-refractivity contribution in [3.63, 3.8) is 0 Å². The largest absolute Gasteiger partial charge is 0.327 e. The molecule has 0 N–H and O–H groups in total. The fraction of sp³-hybridized carbons (Fsp3) is 0.250. The van der Waals surface area contributed by atoms with Gasteiger partial charge in [0.05, 0.1) is 11.0 Å². The van der Waals surface area contributed by atoms with E-state index in [9.17, 15) is 0 Å². The Balaban J connectivity index is 1.54. The van der Waals surface area contributed by atoms with Gasteiger partial charge < -0.3 is 4.90 Å². The Hall–Kier alpha value is -3.74. The van der Waals surface area contributed by atoms with E-state index >= 15 is 0 Å². The number of anilines is 1. The molecule has 0 bridgehead atoms. The van der Waals surface area contributed by atoms with Crippen LogP contribution in [-0.4, -0.2) is 30.0 Å². The van der Waals surface area contributed by atoms with E-state index in [2.05, 4.69) is 78.2 Å². The maximum atomic E-state index is 4.57. The van der Waals surface area contributed by atoms with Crippen LogP contribution in [0.5, 0.6) is 0 Å². The van der Waals surface area contributed by atoms with E-state index in [0.29, 0.717) is 0 Å². The summed E-state index contributed by atoms with van der Waals surface area (Å²) in [5, 5.41) is 18.0. The Morgan fingerprint density at radius 2 is 1.29 bits per heavy atom. The van der Waals surface area contributed by atoms with Crippen LogP contribution in [0, 0.1) is 6.92 Å². The first-order valence-corrected chi connectivity index (χ1v) is 10.7. The Morgan fingerprint density at radius 3 is 1.87 bits per heavy atom. The summed E-state index contributed by atoms with van der Waals surface area (Å²) in [7, 11) is 0. The molecule has 2 unspecified atom stereocenters. The van der Waals surface area contributed by atoms with Gasteiger partial charge in [0.1, 0.15) is 23.4 Å². The monoisotopic (exact) mass is 409 g/mol. The van der Waals surface area contributed by atoms with Crippen LogP contribution in [0.1, 0.15) is 37.2 Å². The zero-order valence-corrected chi connectivity index (χ0v) is 17.3. The van der Waals surface area contributed by atoms with E-state index in [1.807, 2.05) is 36.4 Å². The molecule has 1 aliphatic heterocycles. The Bertz CT molecular complexity index is 1290. The minimum absolute atomic E-state index is 0.0379. The van der Waals surface area contributed by atoms with Gasteiger partial charge in [0, 0.05) is 5.69 Å². The lowest BCUT2D eigenvalue weighted by molar-refractivity contribution is 0.247. The molecular weight excluding hydrogens is 386 g/mol. The van der Waals surface area contributed by atoms with Crippen LogP contribution in [0.2, 0.25) is 0 Å². The molecule has 1 fully saturated rings. The molecule has 3 heterocycles. The number of para-hydroxylation sites is 2. The molecule has 5 aromatic rings. The van der Waals surface area contributed by atoms with Crippen molar-refractivity contribution in [3.8, 4) is 0 Å². The molecule has 31 heavy (non-hydrogen) atoms. The molecule has 0 saturated carbocycles. The van der Waals surface area contributed by atoms with Crippen molar-refractivity contribution >= 4 is 27.8 Å². The van der Waals surface area contributed by atoms with Gasteiger partial charge in [-0.25, -0.2) is 9.36 Å². The summed E-state index contributed by atoms with van der Waals surface area (Å²) in [6, 6.07) is 25.0. The molecule has 0 aliphatic carbocycles. The number of fused-ring (bicyclic) bond motifs is 2. The Kier molecular flexibility index (Phi) is 4.19. The zero-order chi connectivity index (χ0) is 20.8. The lowest BCUT2D eigenvalue weighted by Crippen LogP contribution is -2.42. The summed E-state index contributed by atoms with van der Waals surface area (Å²) in [5.41, 5.74) is 6.32. The molecular formula is C24H23N7. The minimum atomic E-state index is 0.0379. The van der Waals surface area contributed by atoms with Gasteiger partial charge in [-0.3, -0.25) is 0 Å². The number of aromatic nitrogens is 6. The van der Waals surface area contributed by atoms with Crippen molar-refractivity contribution < 1.29 is 0 Å². The lowest BCUT2D eigenvalue weighted by Gasteiger charge is -2.43. The van der Waals surface area contributed by atoms with Gasteiger partial charge in [0.25, 0.3) is 0 Å². The average Bonchev–Trinajstić information content (AvgIpc) is 3.43. The predicted octanol–water partition coefficient (Wildman–Crippen LogP) is 4.87. The molecule has 6 rings (SSSR count). The minimum Gasteiger partial charge on any atom is -0.327 e. The average molecular weight is 409 g/mol. The molecule has 2 atom stereocenters. The summed E-state index contributed by atoms with van der Waals surface area (Å²) >= 11 is 0. The third-order valence-corrected chi connectivity index (χ3v) is 6.19. The van der Waals surface area contributed by atoms with Gasteiger partial charge >= 0.3 is 0 Å². The molecule has 3 aromatic carbocycles. The van der Waals surface area contributed by atoms with Crippen LogP contribution in [0.25, 0.3) is 22.1 Å². The van der Waals surface area contributed by atoms with E-state index in [1.165, 1.54) is 5.56 Å². The summed E-state index contributed by atoms with van der Waals surface area (Å²) in [4.78, 5) is 2.44. The zero-order valence-electron chi connectivity index (χ0n) is 17.3. The predicted molar refractivity (Wildman–Crippen MR) is 121 cm³/mol. The number of piperidine rings is 1. The first-order chi connectivity index (χ1) is 15.3. The second kappa shape index (κ2) is 7.19. The summed E-state index contributed by atoms with van der Waals surface area (Å²) in [6.45, 7) is 2.13. The van der Waals surface area contributed by atoms with Gasteiger partial charge in [-0.15, -0.1) is 10.2 Å². The first kappa shape index (κ1) is 18.1. The van der Waals surface area contributed by atoms with Crippen LogP contribution in [0.4, 0.5) is 5.69 Å². The number of hydrogen-bond donors (Lipinski definition) is 0. The molecule has 1 saturated heterocycles. The number of nitrogens with zero attached hydrogens (tertiary/aromatic N) is 7. The van der Waals surface area contributed by atoms with Crippen molar-refractivity contribution in [1.29, 1.82) is 0 Å². The fourth-order valence-corrected chi connectivity index (χ4v) is 4.79. The Morgan fingerprint density at radius 1 is 0.710 bits per heavy atom. The second-order valence-corrected chi connectivity index (χ2v) is 8.18. The smallest absolute Gasteiger partial charge is 0.127 e. The number of benzene rings is 3. The van der Waals surface area contributed by atoms with Gasteiger partial charge in [-0.05, 0) is 68.1 Å². The fourth-order valence-electron chi connectivity index (χ4n) is 4.79. The van der Waals surface area contributed by atoms with Gasteiger partial charge in [-0.1, -0.05) is 46.8 Å². The molecule has 0 spiro atoms. The van der Waals surface area contributed by atoms with E-state index in [1.54, 1.807) is 0 Å². The highest BCUT2D eigenvalue weighted by molar-refractivity contribution is 5.75. The number of hydrogen-bond acceptors (Lipinski definition) is 5. The number of rotatable bonds is 3. The highest BCUT2D eigenvalue weighted by Gasteiger charge is 2.35. The topological polar surface area (TPSA) is 64.7 Å². The highest BCUT2D eigenvalue weighted by atomic mass is 15.6. The van der Waals surface area contributed by atoms with E-state index in [0.717, 1.165) is 47.0 Å². The summed E-state index contributed by atoms with van der Waals surface area (Å²) in [6.07, 6.45) is 3.13. The van der Waals surface area contributed by atoms with E-state index in [4.69, 9.17) is 0 Å². The van der Waals surface area contributed by atoms with Crippen molar-refractivity contribution in [2.24, 2.45) is 0 Å². The van der Waals surface area contributed by atoms with Crippen molar-refractivity contribution in [2.75, 3.05) is 4.90 Å². The third kappa shape index (κ3) is 2.96. The van der Waals surface area contributed by atoms with Crippen LogP contribution < -0.4 is 4.90 Å². The number of aryl methyl sites for hydroxylation is 1. The van der Waals surface area contributed by atoms with E-state index in [-0.39, 0.29) is 12.3 Å². The van der Waals surface area contributed by atoms with Crippen LogP contribution in [0.15, 0.2) is 72.8 Å². The van der Waals surface area contributed by atoms with E-state index < -0.39 is 0 Å². The van der Waals surface area contributed by atoms with Crippen LogP contribution in [-0.2, 0) is 0 Å². The van der Waals surface area contributed by atoms with Gasteiger partial charge in [0.15, 0.2) is 0 Å². The molecule has 1 aliphatic rings. The highest BCUT2D eigenvalue weighted by Crippen LogP contribution is 2.41. The molecule has 0 radical (unpaired) electrons. The molecule has 7 nitrogen and oxygen atoms in total. The summed E-state index contributed by atoms with van der Waals surface area (Å²) < 4.78 is 4.14. The SMILES string of the molecule is Cc1cccc(N2C(n3nnc4ccccc43)CCCC2n2nnc3ccccc32)c1. The first-order valence-electron chi connectivity index (χ1n) is 10.7. The molecule has 0 amide bonds. The molecule has 7 heteroatoms. The third-order valence-electron chi connectivity index (χ3n) is 6.19. The quantitative estimate of drug-likeness (QED) is 0.425. The summed E-state index contributed by atoms with van der Waals surface area (Å²) in [5.74, 6) is 0. The molecule has 154 valence electrons. The van der Waals surface area contributed by atoms with Crippen molar-refractivity contribution in [3.05, 3.63) is 78.4 Å².